The zero-order valence-corrected chi connectivity index (χ0v) is 26.2. The van der Waals surface area contributed by atoms with Gasteiger partial charge in [-0.2, -0.15) is 0 Å². The SMILES string of the molecule is CCOc1ccc(S(=O)(=O)N(CC(=O)N(Cc2cccc(OC)c2)[C@@H](CC)C(=O)NC2CCCC2)c2ccc(F)cc2)cc1. The third-order valence-electron chi connectivity index (χ3n) is 7.69. The molecule has 0 unspecified atom stereocenters. The van der Waals surface area contributed by atoms with Gasteiger partial charge in [0.2, 0.25) is 11.8 Å². The first-order chi connectivity index (χ1) is 21.2. The molecule has 1 atom stereocenters. The monoisotopic (exact) mass is 625 g/mol. The van der Waals surface area contributed by atoms with Gasteiger partial charge in [-0.15, -0.1) is 0 Å². The molecule has 4 rings (SSSR count). The minimum absolute atomic E-state index is 0.0427. The van der Waals surface area contributed by atoms with E-state index in [1.807, 2.05) is 19.9 Å². The number of anilines is 1. The van der Waals surface area contributed by atoms with Crippen molar-refractivity contribution >= 4 is 27.5 Å². The van der Waals surface area contributed by atoms with E-state index in [0.717, 1.165) is 42.1 Å². The molecule has 44 heavy (non-hydrogen) atoms. The smallest absolute Gasteiger partial charge is 0.264 e. The lowest BCUT2D eigenvalue weighted by Crippen LogP contribution is -2.53. The largest absolute Gasteiger partial charge is 0.497 e. The zero-order valence-electron chi connectivity index (χ0n) is 25.4. The Morgan fingerprint density at radius 1 is 0.977 bits per heavy atom. The van der Waals surface area contributed by atoms with Crippen LogP contribution < -0.4 is 19.1 Å². The number of carbonyl (C=O) groups is 2. The van der Waals surface area contributed by atoms with Crippen molar-refractivity contribution in [3.05, 3.63) is 84.2 Å². The molecule has 0 aliphatic heterocycles. The number of carbonyl (C=O) groups excluding carboxylic acids is 2. The molecule has 236 valence electrons. The van der Waals surface area contributed by atoms with Crippen LogP contribution in [0.2, 0.25) is 0 Å². The van der Waals surface area contributed by atoms with Crippen LogP contribution in [0.1, 0.15) is 51.5 Å². The van der Waals surface area contributed by atoms with Crippen LogP contribution in [0.5, 0.6) is 11.5 Å². The maximum absolute atomic E-state index is 14.2. The van der Waals surface area contributed by atoms with Gasteiger partial charge in [-0.05, 0) is 92.4 Å². The molecule has 0 saturated heterocycles. The molecule has 0 aromatic heterocycles. The van der Waals surface area contributed by atoms with Crippen molar-refractivity contribution < 1.29 is 31.9 Å². The number of methoxy groups -OCH3 is 1. The van der Waals surface area contributed by atoms with Crippen molar-refractivity contribution in [2.45, 2.75) is 69.5 Å². The quantitative estimate of drug-likeness (QED) is 0.261. The number of ether oxygens (including phenoxy) is 2. The van der Waals surface area contributed by atoms with Crippen molar-refractivity contribution in [2.24, 2.45) is 0 Å². The number of halogens is 1. The summed E-state index contributed by atoms with van der Waals surface area (Å²) in [6.07, 6.45) is 4.14. The van der Waals surface area contributed by atoms with Gasteiger partial charge in [0.15, 0.2) is 0 Å². The highest BCUT2D eigenvalue weighted by atomic mass is 32.2. The second-order valence-corrected chi connectivity index (χ2v) is 12.5. The number of nitrogens with one attached hydrogen (secondary N) is 1. The molecule has 9 nitrogen and oxygen atoms in total. The number of amides is 2. The molecule has 3 aromatic carbocycles. The summed E-state index contributed by atoms with van der Waals surface area (Å²) < 4.78 is 53.7. The molecule has 0 bridgehead atoms. The highest BCUT2D eigenvalue weighted by molar-refractivity contribution is 7.92. The van der Waals surface area contributed by atoms with E-state index in [-0.39, 0.29) is 29.1 Å². The first-order valence-corrected chi connectivity index (χ1v) is 16.3. The second-order valence-electron chi connectivity index (χ2n) is 10.7. The topological polar surface area (TPSA) is 105 Å². The van der Waals surface area contributed by atoms with Crippen molar-refractivity contribution in [1.29, 1.82) is 0 Å². The Bertz CT molecular complexity index is 1510. The predicted octanol–water partition coefficient (Wildman–Crippen LogP) is 5.29. The van der Waals surface area contributed by atoms with Crippen molar-refractivity contribution in [1.82, 2.24) is 10.2 Å². The molecular formula is C33H40FN3O6S. The zero-order chi connectivity index (χ0) is 31.7. The number of rotatable bonds is 14. The van der Waals surface area contributed by atoms with Gasteiger partial charge in [-0.25, -0.2) is 12.8 Å². The van der Waals surface area contributed by atoms with Crippen molar-refractivity contribution in [3.63, 3.8) is 0 Å². The van der Waals surface area contributed by atoms with E-state index in [1.54, 1.807) is 18.2 Å². The van der Waals surface area contributed by atoms with Crippen LogP contribution in [-0.4, -0.2) is 57.5 Å². The van der Waals surface area contributed by atoms with E-state index in [0.29, 0.717) is 30.1 Å². The molecule has 11 heteroatoms. The predicted molar refractivity (Wildman–Crippen MR) is 167 cm³/mol. The highest BCUT2D eigenvalue weighted by Crippen LogP contribution is 2.27. The summed E-state index contributed by atoms with van der Waals surface area (Å²) in [6, 6.07) is 17.1. The number of sulfonamides is 1. The Hall–Kier alpha value is -4.12. The van der Waals surface area contributed by atoms with E-state index >= 15 is 0 Å². The van der Waals surface area contributed by atoms with Gasteiger partial charge in [-0.1, -0.05) is 31.9 Å². The fourth-order valence-corrected chi connectivity index (χ4v) is 6.81. The van der Waals surface area contributed by atoms with Gasteiger partial charge in [0.05, 0.1) is 24.3 Å². The van der Waals surface area contributed by atoms with E-state index < -0.39 is 34.3 Å². The molecule has 1 aliphatic carbocycles. The van der Waals surface area contributed by atoms with Gasteiger partial charge in [-0.3, -0.25) is 13.9 Å². The minimum atomic E-state index is -4.29. The summed E-state index contributed by atoms with van der Waals surface area (Å²) in [5.74, 6) is -0.324. The van der Waals surface area contributed by atoms with Crippen LogP contribution in [0, 0.1) is 5.82 Å². The Labute approximate surface area is 259 Å². The highest BCUT2D eigenvalue weighted by Gasteiger charge is 2.34. The third kappa shape index (κ3) is 8.07. The third-order valence-corrected chi connectivity index (χ3v) is 9.48. The molecule has 2 amide bonds. The summed E-state index contributed by atoms with van der Waals surface area (Å²) in [5.41, 5.74) is 0.825. The molecule has 1 aliphatic rings. The van der Waals surface area contributed by atoms with Crippen LogP contribution >= 0.6 is 0 Å². The average Bonchev–Trinajstić information content (AvgIpc) is 3.53. The first kappa shape index (κ1) is 32.8. The summed E-state index contributed by atoms with van der Waals surface area (Å²) >= 11 is 0. The number of hydrogen-bond acceptors (Lipinski definition) is 6. The van der Waals surface area contributed by atoms with Crippen LogP contribution in [0.25, 0.3) is 0 Å². The van der Waals surface area contributed by atoms with E-state index in [1.165, 1.54) is 48.4 Å². The molecule has 0 heterocycles. The standard InChI is InChI=1S/C33H40FN3O6S/c1-4-31(33(39)35-26-10-6-7-11-26)36(22-24-9-8-12-29(21-24)42-3)32(38)23-37(27-15-13-25(34)14-16-27)44(40,41)30-19-17-28(18-20-30)43-5-2/h8-9,12-21,26,31H,4-7,10-11,22-23H2,1-3H3,(H,35,39)/t31-/m0/s1. The minimum Gasteiger partial charge on any atom is -0.497 e. The fourth-order valence-electron chi connectivity index (χ4n) is 5.39. The first-order valence-electron chi connectivity index (χ1n) is 14.9. The molecule has 3 aromatic rings. The van der Waals surface area contributed by atoms with Gasteiger partial charge in [0.1, 0.15) is 29.9 Å². The lowest BCUT2D eigenvalue weighted by Gasteiger charge is -2.33. The van der Waals surface area contributed by atoms with Gasteiger partial charge in [0, 0.05) is 12.6 Å². The van der Waals surface area contributed by atoms with Crippen LogP contribution in [0.15, 0.2) is 77.7 Å². The fraction of sp³-hybridized carbons (Fsp3) is 0.394. The maximum Gasteiger partial charge on any atom is 0.264 e. The summed E-state index contributed by atoms with van der Waals surface area (Å²) in [5, 5.41) is 3.09. The van der Waals surface area contributed by atoms with Gasteiger partial charge < -0.3 is 19.7 Å². The Morgan fingerprint density at radius 2 is 1.66 bits per heavy atom. The molecule has 1 fully saturated rings. The Kier molecular flexibility index (Phi) is 11.2. The van der Waals surface area contributed by atoms with Crippen LogP contribution in [-0.2, 0) is 26.2 Å². The average molecular weight is 626 g/mol. The molecule has 1 N–H and O–H groups in total. The Morgan fingerprint density at radius 3 is 2.27 bits per heavy atom. The summed E-state index contributed by atoms with van der Waals surface area (Å²) in [6.45, 7) is 3.49. The number of nitrogens with zero attached hydrogens (tertiary/aromatic N) is 2. The summed E-state index contributed by atoms with van der Waals surface area (Å²) in [4.78, 5) is 29.2. The molecule has 0 spiro atoms. The maximum atomic E-state index is 14.2. The molecular weight excluding hydrogens is 585 g/mol. The van der Waals surface area contributed by atoms with Gasteiger partial charge >= 0.3 is 0 Å². The number of hydrogen-bond donors (Lipinski definition) is 1. The van der Waals surface area contributed by atoms with E-state index in [9.17, 15) is 22.4 Å². The van der Waals surface area contributed by atoms with E-state index in [4.69, 9.17) is 9.47 Å². The molecule has 1 saturated carbocycles. The van der Waals surface area contributed by atoms with E-state index in [2.05, 4.69) is 5.32 Å². The van der Waals surface area contributed by atoms with Crippen molar-refractivity contribution in [2.75, 3.05) is 24.6 Å². The lowest BCUT2D eigenvalue weighted by atomic mass is 10.1. The summed E-state index contributed by atoms with van der Waals surface area (Å²) in [7, 11) is -2.75. The Balaban J connectivity index is 1.71. The van der Waals surface area contributed by atoms with Crippen LogP contribution in [0.4, 0.5) is 10.1 Å². The lowest BCUT2D eigenvalue weighted by molar-refractivity contribution is -0.140. The number of benzene rings is 3. The second kappa shape index (κ2) is 15.1. The molecule has 0 radical (unpaired) electrons. The van der Waals surface area contributed by atoms with Crippen molar-refractivity contribution in [3.8, 4) is 11.5 Å². The normalized spacial score (nSPS) is 14.1. The van der Waals surface area contributed by atoms with Gasteiger partial charge in [0.25, 0.3) is 10.0 Å². The van der Waals surface area contributed by atoms with Crippen LogP contribution in [0.3, 0.4) is 0 Å².